The van der Waals surface area contributed by atoms with E-state index in [0.29, 0.717) is 25.7 Å². The van der Waals surface area contributed by atoms with Gasteiger partial charge in [0.25, 0.3) is 0 Å². The van der Waals surface area contributed by atoms with E-state index in [2.05, 4.69) is 174 Å². The van der Waals surface area contributed by atoms with Gasteiger partial charge in [0.05, 0.1) is 26.4 Å². The lowest BCUT2D eigenvalue weighted by molar-refractivity contribution is -0.161. The molecule has 0 bridgehead atoms. The lowest BCUT2D eigenvalue weighted by Gasteiger charge is -2.21. The fourth-order valence-electron chi connectivity index (χ4n) is 10.7. The van der Waals surface area contributed by atoms with Crippen molar-refractivity contribution < 1.29 is 80.2 Å². The highest BCUT2D eigenvalue weighted by Crippen LogP contribution is 2.45. The molecule has 0 heterocycles. The summed E-state index contributed by atoms with van der Waals surface area (Å²) >= 11 is 0. The Morgan fingerprint density at radius 2 is 0.491 bits per heavy atom. The third-order valence-electron chi connectivity index (χ3n) is 16.8. The first-order chi connectivity index (χ1) is 51.7. The number of ether oxygens (including phenoxy) is 4. The quantitative estimate of drug-likeness (QED) is 0.0169. The van der Waals surface area contributed by atoms with E-state index in [1.165, 1.54) is 38.5 Å². The number of carbonyl (C=O) groups excluding carboxylic acids is 4. The van der Waals surface area contributed by atoms with Gasteiger partial charge < -0.3 is 33.8 Å². The second-order valence-corrected chi connectivity index (χ2v) is 29.8. The van der Waals surface area contributed by atoms with Gasteiger partial charge in [0.15, 0.2) is 12.2 Å². The number of unbranched alkanes of at least 4 members (excludes halogenated alkanes) is 26. The molecule has 0 aliphatic heterocycles. The molecular formula is C87H146O17P2. The zero-order chi connectivity index (χ0) is 77.4. The first kappa shape index (κ1) is 101. The summed E-state index contributed by atoms with van der Waals surface area (Å²) in [5.41, 5.74) is 0. The van der Waals surface area contributed by atoms with Crippen LogP contribution in [0, 0.1) is 0 Å². The van der Waals surface area contributed by atoms with Gasteiger partial charge in [-0.15, -0.1) is 0 Å². The summed E-state index contributed by atoms with van der Waals surface area (Å²) in [4.78, 5) is 73.1. The van der Waals surface area contributed by atoms with Crippen molar-refractivity contribution in [1.29, 1.82) is 0 Å². The van der Waals surface area contributed by atoms with Gasteiger partial charge in [-0.3, -0.25) is 37.3 Å². The highest BCUT2D eigenvalue weighted by atomic mass is 31.2. The number of carbonyl (C=O) groups is 4. The lowest BCUT2D eigenvalue weighted by atomic mass is 10.1. The van der Waals surface area contributed by atoms with Crippen LogP contribution in [0.15, 0.2) is 146 Å². The maximum atomic E-state index is 13.1. The van der Waals surface area contributed by atoms with E-state index in [1.54, 1.807) is 0 Å². The number of phosphoric acid groups is 2. The second kappa shape index (κ2) is 78.1. The average molecular weight is 1530 g/mol. The molecule has 19 heteroatoms. The van der Waals surface area contributed by atoms with Gasteiger partial charge in [0.1, 0.15) is 19.3 Å². The van der Waals surface area contributed by atoms with Gasteiger partial charge in [-0.25, -0.2) is 9.13 Å². The monoisotopic (exact) mass is 1530 g/mol. The molecule has 0 aromatic rings. The van der Waals surface area contributed by atoms with E-state index in [1.807, 2.05) is 0 Å². The molecule has 0 aromatic carbocycles. The van der Waals surface area contributed by atoms with Crippen molar-refractivity contribution in [3.05, 3.63) is 146 Å². The first-order valence-corrected chi connectivity index (χ1v) is 44.1. The Balaban J connectivity index is 5.37. The molecule has 0 aliphatic rings. The number of rotatable bonds is 76. The predicted octanol–water partition coefficient (Wildman–Crippen LogP) is 24.2. The molecule has 5 unspecified atom stereocenters. The highest BCUT2D eigenvalue weighted by molar-refractivity contribution is 7.47. The molecule has 0 saturated heterocycles. The normalized spacial score (nSPS) is 14.6. The van der Waals surface area contributed by atoms with Crippen LogP contribution in [0.2, 0.25) is 0 Å². The van der Waals surface area contributed by atoms with Crippen molar-refractivity contribution in [1.82, 2.24) is 0 Å². The molecular weight excluding hydrogens is 1380 g/mol. The van der Waals surface area contributed by atoms with E-state index < -0.39 is 97.5 Å². The summed E-state index contributed by atoms with van der Waals surface area (Å²) in [6.07, 6.45) is 89.6. The van der Waals surface area contributed by atoms with E-state index in [9.17, 15) is 43.2 Å². The van der Waals surface area contributed by atoms with Crippen LogP contribution in [-0.4, -0.2) is 96.7 Å². The highest BCUT2D eigenvalue weighted by Gasteiger charge is 2.30. The molecule has 0 fully saturated rings. The fourth-order valence-corrected chi connectivity index (χ4v) is 12.2. The smallest absolute Gasteiger partial charge is 0.462 e. The Kier molecular flexibility index (Phi) is 74.3. The van der Waals surface area contributed by atoms with Crippen LogP contribution in [0.3, 0.4) is 0 Å². The number of hydrogen-bond donors (Lipinski definition) is 3. The zero-order valence-electron chi connectivity index (χ0n) is 66.3. The minimum atomic E-state index is -4.99. The van der Waals surface area contributed by atoms with Gasteiger partial charge in [0.2, 0.25) is 0 Å². The molecule has 0 aromatic heterocycles. The van der Waals surface area contributed by atoms with E-state index in [4.69, 9.17) is 37.0 Å². The Bertz CT molecular complexity index is 2580. The van der Waals surface area contributed by atoms with Crippen molar-refractivity contribution >= 4 is 39.5 Å². The maximum absolute atomic E-state index is 13.1. The van der Waals surface area contributed by atoms with Crippen molar-refractivity contribution in [2.75, 3.05) is 39.6 Å². The third-order valence-corrected chi connectivity index (χ3v) is 18.7. The van der Waals surface area contributed by atoms with Gasteiger partial charge >= 0.3 is 39.5 Å². The molecule has 106 heavy (non-hydrogen) atoms. The van der Waals surface area contributed by atoms with Crippen LogP contribution >= 0.6 is 15.6 Å². The summed E-state index contributed by atoms with van der Waals surface area (Å²) in [5.74, 6) is -2.23. The minimum Gasteiger partial charge on any atom is -0.462 e. The van der Waals surface area contributed by atoms with Crippen LogP contribution in [0.4, 0.5) is 0 Å². The van der Waals surface area contributed by atoms with Crippen molar-refractivity contribution in [3.8, 4) is 0 Å². The molecule has 17 nitrogen and oxygen atoms in total. The van der Waals surface area contributed by atoms with Crippen LogP contribution < -0.4 is 0 Å². The summed E-state index contributed by atoms with van der Waals surface area (Å²) in [5, 5.41) is 10.7. The van der Waals surface area contributed by atoms with E-state index in [0.717, 1.165) is 205 Å². The summed E-state index contributed by atoms with van der Waals surface area (Å²) in [6, 6.07) is 0. The van der Waals surface area contributed by atoms with Crippen molar-refractivity contribution in [3.63, 3.8) is 0 Å². The maximum Gasteiger partial charge on any atom is 0.472 e. The van der Waals surface area contributed by atoms with Gasteiger partial charge in [0, 0.05) is 25.7 Å². The average Bonchev–Trinajstić information content (AvgIpc) is 0.919. The van der Waals surface area contributed by atoms with E-state index >= 15 is 0 Å². The van der Waals surface area contributed by atoms with Crippen LogP contribution in [0.25, 0.3) is 0 Å². The second-order valence-electron chi connectivity index (χ2n) is 26.9. The molecule has 3 N–H and O–H groups in total. The molecule has 0 aliphatic carbocycles. The van der Waals surface area contributed by atoms with Crippen molar-refractivity contribution in [2.24, 2.45) is 0 Å². The standard InChI is InChI=1S/C87H146O17P2/c1-5-9-13-17-21-25-29-32-35-38-40-43-45-48-52-55-59-63-67-71-84(89)97-77-82(103-86(91)73-69-65-61-57-51-28-24-20-16-12-8-4)79-101-105(93,94)99-75-81(88)76-100-106(95,96)102-80-83(104-87(92)74-70-66-62-58-54-50-47-42-37-34-31-27-23-19-15-11-7-3)78-98-85(90)72-68-64-60-56-53-49-46-44-41-39-36-33-30-26-22-18-14-10-6-2/h9-11,13-15,21-23,25-27,32-37,40-41,43-44,47,50,81-83,88H,5-8,12,16-20,24,28-31,38-39,42,45-46,48-49,51-80H2,1-4H3,(H,93,94)(H,95,96)/b13-9-,14-10-,15-11-,25-21-,26-22-,27-23-,35-32-,36-33-,37-34-,43-40-,44-41-,50-47-. The van der Waals surface area contributed by atoms with Crippen LogP contribution in [-0.2, 0) is 65.4 Å². The zero-order valence-corrected chi connectivity index (χ0v) is 68.1. The Hall–Kier alpha value is -5.06. The molecule has 0 spiro atoms. The summed E-state index contributed by atoms with van der Waals surface area (Å²) in [6.45, 7) is 4.49. The number of phosphoric ester groups is 2. The Morgan fingerprint density at radius 1 is 0.274 bits per heavy atom. The SMILES string of the molecule is CC/C=C\C/C=C\C/C=C\C/C=C\CCCCCCCCC(=O)OCC(COP(=O)(O)OCC(O)COP(=O)(O)OCC(COC(=O)CCCCCCCC/C=C\C/C=C\C/C=C\C/C=C\CC)OC(=O)CCCCCCCCCCCCC)OC(=O)CCCCCC/C=C\C/C=C\C/C=C\C/C=C\CC. The number of allylic oxidation sites excluding steroid dienone is 24. The third kappa shape index (κ3) is 77.1. The summed E-state index contributed by atoms with van der Waals surface area (Å²) in [7, 11) is -9.98. The Morgan fingerprint density at radius 3 is 0.755 bits per heavy atom. The van der Waals surface area contributed by atoms with Gasteiger partial charge in [-0.2, -0.15) is 0 Å². The molecule has 0 radical (unpaired) electrons. The Labute approximate surface area is 643 Å². The molecule has 606 valence electrons. The number of esters is 4. The van der Waals surface area contributed by atoms with Crippen molar-refractivity contribution in [2.45, 2.75) is 341 Å². The number of aliphatic hydroxyl groups excluding tert-OH is 1. The number of aliphatic hydroxyl groups is 1. The lowest BCUT2D eigenvalue weighted by Crippen LogP contribution is -2.30. The topological polar surface area (TPSA) is 237 Å². The first-order valence-electron chi connectivity index (χ1n) is 41.1. The van der Waals surface area contributed by atoms with Crippen LogP contribution in [0.1, 0.15) is 323 Å². The van der Waals surface area contributed by atoms with Gasteiger partial charge in [-0.05, 0) is 141 Å². The number of hydrogen-bond acceptors (Lipinski definition) is 15. The summed E-state index contributed by atoms with van der Waals surface area (Å²) < 4.78 is 68.7. The molecule has 0 saturated carbocycles. The predicted molar refractivity (Wildman–Crippen MR) is 436 cm³/mol. The van der Waals surface area contributed by atoms with Crippen LogP contribution in [0.5, 0.6) is 0 Å². The fraction of sp³-hybridized carbons (Fsp3) is 0.678. The molecule has 0 amide bonds. The molecule has 5 atom stereocenters. The van der Waals surface area contributed by atoms with E-state index in [-0.39, 0.29) is 25.7 Å². The van der Waals surface area contributed by atoms with Gasteiger partial charge in [-0.1, -0.05) is 302 Å². The molecule has 0 rings (SSSR count). The minimum absolute atomic E-state index is 0.0599. The largest absolute Gasteiger partial charge is 0.472 e.